The monoisotopic (exact) mass is 343 g/mol. The smallest absolute Gasteiger partial charge is 0.339 e. The van der Waals surface area contributed by atoms with Crippen LogP contribution in [0.25, 0.3) is 0 Å². The van der Waals surface area contributed by atoms with Crippen molar-refractivity contribution in [1.82, 2.24) is 10.2 Å². The molecule has 1 aromatic carbocycles. The summed E-state index contributed by atoms with van der Waals surface area (Å²) < 4.78 is 4.93. The molecule has 0 aliphatic rings. The van der Waals surface area contributed by atoms with Crippen molar-refractivity contribution in [3.63, 3.8) is 0 Å². The molecule has 0 aromatic heterocycles. The zero-order chi connectivity index (χ0) is 16.5. The Labute approximate surface area is 142 Å². The van der Waals surface area contributed by atoms with Crippen molar-refractivity contribution in [2.75, 3.05) is 39.1 Å². The van der Waals surface area contributed by atoms with Gasteiger partial charge in [-0.05, 0) is 64.4 Å². The zero-order valence-corrected chi connectivity index (χ0v) is 14.7. The van der Waals surface area contributed by atoms with Gasteiger partial charge in [-0.1, -0.05) is 11.6 Å². The van der Waals surface area contributed by atoms with Crippen LogP contribution in [-0.2, 0) is 4.74 Å². The molecule has 5 nitrogen and oxygen atoms in total. The standard InChI is InChI=1S/C15H22ClN3O2S/c1-4-21-14(20)12-7-6-11(10-13(12)16)18-15(22)17-8-5-9-19(2)3/h6-7,10H,4-5,8-9H2,1-3H3,(H2,17,18,22). The molecule has 0 saturated heterocycles. The maximum atomic E-state index is 11.7. The third-order valence-corrected chi connectivity index (χ3v) is 3.35. The van der Waals surface area contributed by atoms with Crippen molar-refractivity contribution in [1.29, 1.82) is 0 Å². The van der Waals surface area contributed by atoms with Crippen LogP contribution in [0.15, 0.2) is 18.2 Å². The summed E-state index contributed by atoms with van der Waals surface area (Å²) in [4.78, 5) is 13.8. The molecule has 0 saturated carbocycles. The van der Waals surface area contributed by atoms with Crippen LogP contribution < -0.4 is 10.6 Å². The van der Waals surface area contributed by atoms with Gasteiger partial charge in [0.25, 0.3) is 0 Å². The van der Waals surface area contributed by atoms with Gasteiger partial charge in [0.05, 0.1) is 17.2 Å². The predicted molar refractivity (Wildman–Crippen MR) is 94.8 cm³/mol. The lowest BCUT2D eigenvalue weighted by Crippen LogP contribution is -2.30. The molecule has 0 atom stereocenters. The molecule has 0 heterocycles. The van der Waals surface area contributed by atoms with Crippen molar-refractivity contribution >= 4 is 40.6 Å². The molecule has 0 bridgehead atoms. The Morgan fingerprint density at radius 2 is 2.14 bits per heavy atom. The van der Waals surface area contributed by atoms with E-state index in [0.29, 0.717) is 22.3 Å². The molecule has 0 fully saturated rings. The second-order valence-electron chi connectivity index (χ2n) is 4.95. The Bertz CT molecular complexity index is 524. The second kappa shape index (κ2) is 9.61. The molecule has 7 heteroatoms. The number of benzene rings is 1. The van der Waals surface area contributed by atoms with E-state index in [0.717, 1.165) is 25.2 Å². The Hall–Kier alpha value is -1.37. The quantitative estimate of drug-likeness (QED) is 0.451. The van der Waals surface area contributed by atoms with E-state index in [2.05, 4.69) is 15.5 Å². The summed E-state index contributed by atoms with van der Waals surface area (Å²) in [6, 6.07) is 5.02. The summed E-state index contributed by atoms with van der Waals surface area (Å²) >= 11 is 11.3. The lowest BCUT2D eigenvalue weighted by atomic mass is 10.2. The van der Waals surface area contributed by atoms with Crippen LogP contribution in [0.1, 0.15) is 23.7 Å². The molecule has 2 N–H and O–H groups in total. The Balaban J connectivity index is 2.51. The number of nitrogens with one attached hydrogen (secondary N) is 2. The highest BCUT2D eigenvalue weighted by Gasteiger charge is 2.12. The third kappa shape index (κ3) is 6.60. The average molecular weight is 344 g/mol. The van der Waals surface area contributed by atoms with Crippen LogP contribution in [0.5, 0.6) is 0 Å². The molecule has 1 aromatic rings. The highest BCUT2D eigenvalue weighted by Crippen LogP contribution is 2.21. The normalized spacial score (nSPS) is 10.4. The van der Waals surface area contributed by atoms with Crippen molar-refractivity contribution in [3.05, 3.63) is 28.8 Å². The minimum Gasteiger partial charge on any atom is -0.462 e. The number of hydrogen-bond acceptors (Lipinski definition) is 4. The van der Waals surface area contributed by atoms with Crippen molar-refractivity contribution in [2.24, 2.45) is 0 Å². The fourth-order valence-corrected chi connectivity index (χ4v) is 2.22. The van der Waals surface area contributed by atoms with Crippen molar-refractivity contribution in [2.45, 2.75) is 13.3 Å². The van der Waals surface area contributed by atoms with Crippen LogP contribution in [0.3, 0.4) is 0 Å². The minimum absolute atomic E-state index is 0.316. The molecule has 0 aliphatic heterocycles. The Morgan fingerprint density at radius 1 is 1.41 bits per heavy atom. The number of rotatable bonds is 7. The van der Waals surface area contributed by atoms with Gasteiger partial charge in [0.1, 0.15) is 0 Å². The first-order valence-corrected chi connectivity index (χ1v) is 7.89. The van der Waals surface area contributed by atoms with Gasteiger partial charge in [-0.25, -0.2) is 4.79 Å². The lowest BCUT2D eigenvalue weighted by Gasteiger charge is -2.13. The van der Waals surface area contributed by atoms with Crippen LogP contribution in [0.2, 0.25) is 5.02 Å². The first kappa shape index (κ1) is 18.7. The first-order chi connectivity index (χ1) is 10.4. The zero-order valence-electron chi connectivity index (χ0n) is 13.1. The number of nitrogens with zero attached hydrogens (tertiary/aromatic N) is 1. The molecule has 122 valence electrons. The molecule has 0 radical (unpaired) electrons. The van der Waals surface area contributed by atoms with Gasteiger partial charge in [-0.2, -0.15) is 0 Å². The number of carbonyl (C=O) groups is 1. The number of ether oxygens (including phenoxy) is 1. The average Bonchev–Trinajstić information content (AvgIpc) is 2.43. The van der Waals surface area contributed by atoms with Gasteiger partial charge in [0, 0.05) is 12.2 Å². The summed E-state index contributed by atoms with van der Waals surface area (Å²) in [5.41, 5.74) is 1.07. The predicted octanol–water partition coefficient (Wildman–Crippen LogP) is 2.75. The molecule has 0 amide bonds. The molecule has 22 heavy (non-hydrogen) atoms. The molecular formula is C15H22ClN3O2S. The summed E-state index contributed by atoms with van der Waals surface area (Å²) in [6.07, 6.45) is 0.997. The number of thiocarbonyl (C=S) groups is 1. The van der Waals surface area contributed by atoms with Crippen molar-refractivity contribution in [3.8, 4) is 0 Å². The van der Waals surface area contributed by atoms with Gasteiger partial charge < -0.3 is 20.3 Å². The lowest BCUT2D eigenvalue weighted by molar-refractivity contribution is 0.0526. The summed E-state index contributed by atoms with van der Waals surface area (Å²) in [7, 11) is 4.06. The van der Waals surface area contributed by atoms with E-state index in [9.17, 15) is 4.79 Å². The summed E-state index contributed by atoms with van der Waals surface area (Å²) in [6.45, 7) is 3.85. The molecule has 1 rings (SSSR count). The fourth-order valence-electron chi connectivity index (χ4n) is 1.74. The summed E-state index contributed by atoms with van der Waals surface area (Å²) in [5, 5.41) is 7.02. The van der Waals surface area contributed by atoms with Gasteiger partial charge in [-0.3, -0.25) is 0 Å². The van der Waals surface area contributed by atoms with Crippen LogP contribution in [-0.4, -0.2) is 49.8 Å². The van der Waals surface area contributed by atoms with E-state index in [1.807, 2.05) is 14.1 Å². The van der Waals surface area contributed by atoms with Gasteiger partial charge in [0.2, 0.25) is 0 Å². The van der Waals surface area contributed by atoms with Gasteiger partial charge in [0.15, 0.2) is 5.11 Å². The number of esters is 1. The third-order valence-electron chi connectivity index (χ3n) is 2.79. The molecular weight excluding hydrogens is 322 g/mol. The van der Waals surface area contributed by atoms with Crippen LogP contribution in [0, 0.1) is 0 Å². The maximum absolute atomic E-state index is 11.7. The van der Waals surface area contributed by atoms with E-state index in [1.54, 1.807) is 25.1 Å². The first-order valence-electron chi connectivity index (χ1n) is 7.10. The van der Waals surface area contributed by atoms with E-state index in [-0.39, 0.29) is 0 Å². The highest BCUT2D eigenvalue weighted by atomic mass is 35.5. The van der Waals surface area contributed by atoms with E-state index in [1.165, 1.54) is 0 Å². The van der Waals surface area contributed by atoms with E-state index >= 15 is 0 Å². The van der Waals surface area contributed by atoms with Gasteiger partial charge in [-0.15, -0.1) is 0 Å². The number of carbonyl (C=O) groups excluding carboxylic acids is 1. The Kier molecular flexibility index (Phi) is 8.16. The fraction of sp³-hybridized carbons (Fsp3) is 0.467. The van der Waals surface area contributed by atoms with Crippen LogP contribution in [0.4, 0.5) is 5.69 Å². The second-order valence-corrected chi connectivity index (χ2v) is 5.77. The van der Waals surface area contributed by atoms with E-state index < -0.39 is 5.97 Å². The van der Waals surface area contributed by atoms with Crippen molar-refractivity contribution < 1.29 is 9.53 Å². The topological polar surface area (TPSA) is 53.6 Å². The number of hydrogen-bond donors (Lipinski definition) is 2. The Morgan fingerprint density at radius 3 is 2.73 bits per heavy atom. The largest absolute Gasteiger partial charge is 0.462 e. The number of halogens is 1. The van der Waals surface area contributed by atoms with E-state index in [4.69, 9.17) is 28.6 Å². The number of anilines is 1. The van der Waals surface area contributed by atoms with Crippen LogP contribution >= 0.6 is 23.8 Å². The SMILES string of the molecule is CCOC(=O)c1ccc(NC(=S)NCCCN(C)C)cc1Cl. The van der Waals surface area contributed by atoms with Gasteiger partial charge >= 0.3 is 5.97 Å². The molecule has 0 unspecified atom stereocenters. The molecule has 0 spiro atoms. The summed E-state index contributed by atoms with van der Waals surface area (Å²) in [5.74, 6) is -0.427. The minimum atomic E-state index is -0.427. The maximum Gasteiger partial charge on any atom is 0.339 e. The highest BCUT2D eigenvalue weighted by molar-refractivity contribution is 7.80. The molecule has 0 aliphatic carbocycles.